The number of aromatic nitrogens is 3. The molecule has 23 heavy (non-hydrogen) atoms. The molecule has 0 bridgehead atoms. The molecule has 0 aliphatic carbocycles. The second-order valence-electron chi connectivity index (χ2n) is 7.64. The van der Waals surface area contributed by atoms with Gasteiger partial charge in [0.05, 0.1) is 5.56 Å². The predicted octanol–water partition coefficient (Wildman–Crippen LogP) is 3.48. The Kier molecular flexibility index (Phi) is 4.45. The van der Waals surface area contributed by atoms with Crippen LogP contribution in [0.3, 0.4) is 0 Å². The molecule has 1 amide bonds. The fraction of sp³-hybridized carbons (Fsp3) is 0.471. The SMILES string of the molecule is CC(C)(C)CC(C)(C)c1ccc(C(=O)Nc2ncn[nH]2)c(O)c1. The summed E-state index contributed by atoms with van der Waals surface area (Å²) in [5.41, 5.74) is 1.27. The number of phenols is 1. The maximum absolute atomic E-state index is 12.2. The van der Waals surface area contributed by atoms with E-state index >= 15 is 0 Å². The fourth-order valence-corrected chi connectivity index (χ4v) is 3.01. The van der Waals surface area contributed by atoms with Crippen molar-refractivity contribution in [2.24, 2.45) is 5.41 Å². The molecule has 0 saturated carbocycles. The van der Waals surface area contributed by atoms with Gasteiger partial charge in [-0.1, -0.05) is 40.7 Å². The van der Waals surface area contributed by atoms with Crippen LogP contribution in [0.4, 0.5) is 5.95 Å². The van der Waals surface area contributed by atoms with Gasteiger partial charge in [0, 0.05) is 0 Å². The van der Waals surface area contributed by atoms with Gasteiger partial charge < -0.3 is 5.11 Å². The van der Waals surface area contributed by atoms with Crippen LogP contribution >= 0.6 is 0 Å². The van der Waals surface area contributed by atoms with E-state index in [2.05, 4.69) is 55.1 Å². The maximum Gasteiger partial charge on any atom is 0.261 e. The normalized spacial score (nSPS) is 12.2. The molecule has 6 nitrogen and oxygen atoms in total. The van der Waals surface area contributed by atoms with Crippen molar-refractivity contribution < 1.29 is 9.90 Å². The Morgan fingerprint density at radius 1 is 1.26 bits per heavy atom. The van der Waals surface area contributed by atoms with Crippen LogP contribution in [0.5, 0.6) is 5.75 Å². The number of nitrogens with one attached hydrogen (secondary N) is 2. The number of H-pyrrole nitrogens is 1. The molecule has 1 aromatic carbocycles. The van der Waals surface area contributed by atoms with Crippen LogP contribution in [0, 0.1) is 5.41 Å². The number of hydrogen-bond donors (Lipinski definition) is 3. The predicted molar refractivity (Wildman–Crippen MR) is 89.5 cm³/mol. The van der Waals surface area contributed by atoms with E-state index < -0.39 is 5.91 Å². The van der Waals surface area contributed by atoms with Crippen LogP contribution in [-0.4, -0.2) is 26.2 Å². The van der Waals surface area contributed by atoms with E-state index in [-0.39, 0.29) is 28.1 Å². The fourth-order valence-electron chi connectivity index (χ4n) is 3.01. The standard InChI is InChI=1S/C17H24N4O2/c1-16(2,3)9-17(4,5)11-6-7-12(13(22)8-11)14(23)20-15-18-10-19-21-15/h6-8,10,22H,9H2,1-5H3,(H2,18,19,20,21,23). The quantitative estimate of drug-likeness (QED) is 0.805. The molecular weight excluding hydrogens is 292 g/mol. The van der Waals surface area contributed by atoms with Crippen molar-refractivity contribution in [2.45, 2.75) is 46.5 Å². The molecule has 0 aliphatic heterocycles. The van der Waals surface area contributed by atoms with Crippen LogP contribution in [0.2, 0.25) is 0 Å². The number of hydrogen-bond acceptors (Lipinski definition) is 4. The minimum Gasteiger partial charge on any atom is -0.507 e. The first kappa shape index (κ1) is 17.0. The Bertz CT molecular complexity index is 685. The molecular formula is C17H24N4O2. The van der Waals surface area contributed by atoms with E-state index in [1.54, 1.807) is 12.1 Å². The first-order valence-corrected chi connectivity index (χ1v) is 7.59. The molecule has 0 aliphatic rings. The van der Waals surface area contributed by atoms with Gasteiger partial charge in [-0.15, -0.1) is 0 Å². The van der Waals surface area contributed by atoms with Crippen LogP contribution in [-0.2, 0) is 5.41 Å². The third kappa shape index (κ3) is 4.31. The van der Waals surface area contributed by atoms with E-state index in [9.17, 15) is 9.90 Å². The Morgan fingerprint density at radius 3 is 2.48 bits per heavy atom. The van der Waals surface area contributed by atoms with Crippen LogP contribution in [0.15, 0.2) is 24.5 Å². The van der Waals surface area contributed by atoms with Crippen LogP contribution < -0.4 is 5.32 Å². The molecule has 1 aromatic heterocycles. The highest BCUT2D eigenvalue weighted by Gasteiger charge is 2.28. The second-order valence-corrected chi connectivity index (χ2v) is 7.64. The first-order valence-electron chi connectivity index (χ1n) is 7.59. The van der Waals surface area contributed by atoms with Crippen molar-refractivity contribution >= 4 is 11.9 Å². The molecule has 0 saturated heterocycles. The Balaban J connectivity index is 2.22. The van der Waals surface area contributed by atoms with Crippen molar-refractivity contribution in [1.82, 2.24) is 15.2 Å². The lowest BCUT2D eigenvalue weighted by molar-refractivity contribution is 0.102. The van der Waals surface area contributed by atoms with Crippen LogP contribution in [0.25, 0.3) is 0 Å². The Labute approximate surface area is 136 Å². The molecule has 2 aromatic rings. The van der Waals surface area contributed by atoms with Gasteiger partial charge in [0.2, 0.25) is 5.95 Å². The summed E-state index contributed by atoms with van der Waals surface area (Å²) in [4.78, 5) is 16.0. The van der Waals surface area contributed by atoms with Gasteiger partial charge in [-0.2, -0.15) is 10.1 Å². The van der Waals surface area contributed by atoms with E-state index in [4.69, 9.17) is 0 Å². The summed E-state index contributed by atoms with van der Waals surface area (Å²) in [6.45, 7) is 10.8. The van der Waals surface area contributed by atoms with Gasteiger partial charge in [0.25, 0.3) is 5.91 Å². The van der Waals surface area contributed by atoms with E-state index in [0.717, 1.165) is 12.0 Å². The van der Waals surface area contributed by atoms with Crippen LogP contribution in [0.1, 0.15) is 57.0 Å². The zero-order valence-electron chi connectivity index (χ0n) is 14.3. The number of benzene rings is 1. The zero-order valence-corrected chi connectivity index (χ0v) is 14.3. The minimum absolute atomic E-state index is 0.0403. The minimum atomic E-state index is -0.431. The van der Waals surface area contributed by atoms with E-state index in [1.165, 1.54) is 6.33 Å². The molecule has 2 rings (SSSR count). The summed E-state index contributed by atoms with van der Waals surface area (Å²) in [7, 11) is 0. The van der Waals surface area contributed by atoms with E-state index in [1.807, 2.05) is 6.07 Å². The molecule has 124 valence electrons. The number of aromatic amines is 1. The molecule has 0 atom stereocenters. The Hall–Kier alpha value is -2.37. The van der Waals surface area contributed by atoms with Gasteiger partial charge in [0.1, 0.15) is 12.1 Å². The zero-order chi connectivity index (χ0) is 17.3. The number of aromatic hydroxyl groups is 1. The summed E-state index contributed by atoms with van der Waals surface area (Å²) in [6.07, 6.45) is 2.26. The molecule has 3 N–H and O–H groups in total. The molecule has 0 unspecified atom stereocenters. The monoisotopic (exact) mass is 316 g/mol. The highest BCUT2D eigenvalue weighted by molar-refractivity contribution is 6.05. The topological polar surface area (TPSA) is 90.9 Å². The molecule has 1 heterocycles. The van der Waals surface area contributed by atoms with E-state index in [0.29, 0.717) is 0 Å². The number of nitrogens with zero attached hydrogens (tertiary/aromatic N) is 2. The van der Waals surface area contributed by atoms with Gasteiger partial charge in [0.15, 0.2) is 0 Å². The molecule has 0 fully saturated rings. The average Bonchev–Trinajstić information content (AvgIpc) is 2.88. The summed E-state index contributed by atoms with van der Waals surface area (Å²) >= 11 is 0. The number of rotatable bonds is 4. The van der Waals surface area contributed by atoms with Crippen molar-refractivity contribution in [2.75, 3.05) is 5.32 Å². The number of anilines is 1. The lowest BCUT2D eigenvalue weighted by Gasteiger charge is -2.33. The third-order valence-corrected chi connectivity index (χ3v) is 3.64. The summed E-state index contributed by atoms with van der Waals surface area (Å²) in [6, 6.07) is 5.20. The highest BCUT2D eigenvalue weighted by Crippen LogP contribution is 2.37. The number of carbonyl (C=O) groups is 1. The summed E-state index contributed by atoms with van der Waals surface area (Å²) in [5.74, 6) is -0.229. The lowest BCUT2D eigenvalue weighted by atomic mass is 9.72. The summed E-state index contributed by atoms with van der Waals surface area (Å²) < 4.78 is 0. The number of carbonyl (C=O) groups excluding carboxylic acids is 1. The molecule has 0 radical (unpaired) electrons. The van der Waals surface area contributed by atoms with Crippen molar-refractivity contribution in [3.05, 3.63) is 35.7 Å². The number of phenolic OH excluding ortho intramolecular Hbond substituents is 1. The molecule has 6 heteroatoms. The second kappa shape index (κ2) is 6.02. The molecule has 0 spiro atoms. The largest absolute Gasteiger partial charge is 0.507 e. The van der Waals surface area contributed by atoms with Gasteiger partial charge in [-0.05, 0) is 34.9 Å². The van der Waals surface area contributed by atoms with Gasteiger partial charge in [-0.3, -0.25) is 10.1 Å². The van der Waals surface area contributed by atoms with Gasteiger partial charge >= 0.3 is 0 Å². The summed E-state index contributed by atoms with van der Waals surface area (Å²) in [5, 5.41) is 19.0. The van der Waals surface area contributed by atoms with Crippen molar-refractivity contribution in [3.63, 3.8) is 0 Å². The average molecular weight is 316 g/mol. The smallest absolute Gasteiger partial charge is 0.261 e. The Morgan fingerprint density at radius 2 is 1.96 bits per heavy atom. The van der Waals surface area contributed by atoms with Crippen molar-refractivity contribution in [3.8, 4) is 5.75 Å². The third-order valence-electron chi connectivity index (χ3n) is 3.64. The number of amides is 1. The maximum atomic E-state index is 12.2. The van der Waals surface area contributed by atoms with Crippen molar-refractivity contribution in [1.29, 1.82) is 0 Å². The van der Waals surface area contributed by atoms with Gasteiger partial charge in [-0.25, -0.2) is 5.10 Å². The lowest BCUT2D eigenvalue weighted by Crippen LogP contribution is -2.25. The highest BCUT2D eigenvalue weighted by atomic mass is 16.3. The first-order chi connectivity index (χ1) is 10.6.